The second-order valence-corrected chi connectivity index (χ2v) is 3.76. The standard InChI is InChI=1S/C11H14N6O/c1-7-8(6-14-15-7)5-13-10-4-3-9(16-17-10)11(18)12-2/h3-4,6H,5H2,1-2H3,(H,12,18)(H,13,17)(H,14,15). The van der Waals surface area contributed by atoms with Crippen molar-refractivity contribution in [2.75, 3.05) is 12.4 Å². The van der Waals surface area contributed by atoms with Crippen molar-refractivity contribution >= 4 is 11.7 Å². The van der Waals surface area contributed by atoms with Crippen LogP contribution >= 0.6 is 0 Å². The normalized spacial score (nSPS) is 10.1. The molecule has 18 heavy (non-hydrogen) atoms. The Labute approximate surface area is 104 Å². The zero-order chi connectivity index (χ0) is 13.0. The molecule has 0 aliphatic heterocycles. The molecule has 3 N–H and O–H groups in total. The van der Waals surface area contributed by atoms with E-state index >= 15 is 0 Å². The molecule has 7 heteroatoms. The van der Waals surface area contributed by atoms with Gasteiger partial charge in [-0.15, -0.1) is 10.2 Å². The van der Waals surface area contributed by atoms with Crippen LogP contribution in [0.15, 0.2) is 18.3 Å². The molecule has 0 spiro atoms. The van der Waals surface area contributed by atoms with E-state index in [0.29, 0.717) is 18.1 Å². The second-order valence-electron chi connectivity index (χ2n) is 3.76. The number of aromatic nitrogens is 4. The van der Waals surface area contributed by atoms with Crippen molar-refractivity contribution in [3.05, 3.63) is 35.3 Å². The number of amides is 1. The van der Waals surface area contributed by atoms with Gasteiger partial charge in [-0.3, -0.25) is 9.89 Å². The molecule has 0 radical (unpaired) electrons. The fraction of sp³-hybridized carbons (Fsp3) is 0.273. The summed E-state index contributed by atoms with van der Waals surface area (Å²) in [5.41, 5.74) is 2.37. The molecular formula is C11H14N6O. The monoisotopic (exact) mass is 246 g/mol. The average Bonchev–Trinajstić information content (AvgIpc) is 2.81. The maximum absolute atomic E-state index is 11.3. The van der Waals surface area contributed by atoms with Gasteiger partial charge in [-0.1, -0.05) is 0 Å². The van der Waals surface area contributed by atoms with Crippen LogP contribution in [0, 0.1) is 6.92 Å². The van der Waals surface area contributed by atoms with Crippen molar-refractivity contribution in [2.45, 2.75) is 13.5 Å². The summed E-state index contributed by atoms with van der Waals surface area (Å²) in [7, 11) is 1.55. The Morgan fingerprint density at radius 3 is 2.78 bits per heavy atom. The molecule has 7 nitrogen and oxygen atoms in total. The highest BCUT2D eigenvalue weighted by Gasteiger charge is 2.05. The number of carbonyl (C=O) groups excluding carboxylic acids is 1. The number of anilines is 1. The molecule has 0 aromatic carbocycles. The minimum atomic E-state index is -0.250. The number of nitrogens with one attached hydrogen (secondary N) is 3. The van der Waals surface area contributed by atoms with Gasteiger partial charge >= 0.3 is 0 Å². The van der Waals surface area contributed by atoms with E-state index in [1.807, 2.05) is 6.92 Å². The minimum Gasteiger partial charge on any atom is -0.364 e. The van der Waals surface area contributed by atoms with Gasteiger partial charge in [0.2, 0.25) is 0 Å². The molecule has 1 amide bonds. The summed E-state index contributed by atoms with van der Waals surface area (Å²) in [4.78, 5) is 11.3. The Morgan fingerprint density at radius 2 is 2.22 bits per heavy atom. The summed E-state index contributed by atoms with van der Waals surface area (Å²) in [6.07, 6.45) is 1.76. The first-order chi connectivity index (χ1) is 8.70. The van der Waals surface area contributed by atoms with Gasteiger partial charge in [0.25, 0.3) is 5.91 Å². The fourth-order valence-electron chi connectivity index (χ4n) is 1.42. The average molecular weight is 246 g/mol. The van der Waals surface area contributed by atoms with Crippen LogP contribution in [0.5, 0.6) is 0 Å². The Balaban J connectivity index is 1.98. The number of H-pyrrole nitrogens is 1. The maximum Gasteiger partial charge on any atom is 0.271 e. The molecule has 0 atom stereocenters. The molecule has 0 unspecified atom stereocenters. The minimum absolute atomic E-state index is 0.250. The van der Waals surface area contributed by atoms with Crippen molar-refractivity contribution in [3.8, 4) is 0 Å². The van der Waals surface area contributed by atoms with Gasteiger partial charge in [-0.25, -0.2) is 0 Å². The van der Waals surface area contributed by atoms with Crippen LogP contribution in [0.2, 0.25) is 0 Å². The summed E-state index contributed by atoms with van der Waals surface area (Å²) < 4.78 is 0. The molecule has 0 saturated heterocycles. The molecule has 0 aliphatic carbocycles. The van der Waals surface area contributed by atoms with E-state index in [1.165, 1.54) is 0 Å². The topological polar surface area (TPSA) is 95.6 Å². The second kappa shape index (κ2) is 5.26. The smallest absolute Gasteiger partial charge is 0.271 e. The Kier molecular flexibility index (Phi) is 3.52. The van der Waals surface area contributed by atoms with E-state index < -0.39 is 0 Å². The zero-order valence-electron chi connectivity index (χ0n) is 10.2. The molecule has 2 rings (SSSR count). The van der Waals surface area contributed by atoms with Crippen LogP contribution in [0.4, 0.5) is 5.82 Å². The van der Waals surface area contributed by atoms with Crippen molar-refractivity contribution in [1.82, 2.24) is 25.7 Å². The van der Waals surface area contributed by atoms with Crippen molar-refractivity contribution in [1.29, 1.82) is 0 Å². The first-order valence-electron chi connectivity index (χ1n) is 5.49. The van der Waals surface area contributed by atoms with Crippen molar-refractivity contribution in [3.63, 3.8) is 0 Å². The maximum atomic E-state index is 11.3. The molecule has 2 aromatic heterocycles. The molecule has 0 bridgehead atoms. The summed E-state index contributed by atoms with van der Waals surface area (Å²) in [6, 6.07) is 3.34. The molecule has 0 fully saturated rings. The zero-order valence-corrected chi connectivity index (χ0v) is 10.2. The highest BCUT2D eigenvalue weighted by atomic mass is 16.1. The Hall–Kier alpha value is -2.44. The van der Waals surface area contributed by atoms with Gasteiger partial charge in [-0.05, 0) is 19.1 Å². The summed E-state index contributed by atoms with van der Waals surface area (Å²) in [5.74, 6) is 0.364. The first kappa shape index (κ1) is 12.0. The van der Waals surface area contributed by atoms with Gasteiger partial charge in [0.1, 0.15) is 5.82 Å². The predicted octanol–water partition coefficient (Wildman–Crippen LogP) is 0.480. The lowest BCUT2D eigenvalue weighted by Crippen LogP contribution is -2.19. The van der Waals surface area contributed by atoms with Crippen LogP contribution in [-0.4, -0.2) is 33.3 Å². The summed E-state index contributed by atoms with van der Waals surface area (Å²) >= 11 is 0. The third-order valence-electron chi connectivity index (χ3n) is 2.52. The van der Waals surface area contributed by atoms with Gasteiger partial charge in [0.15, 0.2) is 5.69 Å². The Morgan fingerprint density at radius 1 is 1.39 bits per heavy atom. The third kappa shape index (κ3) is 2.62. The number of aryl methyl sites for hydroxylation is 1. The van der Waals surface area contributed by atoms with E-state index in [1.54, 1.807) is 25.4 Å². The van der Waals surface area contributed by atoms with E-state index in [0.717, 1.165) is 11.3 Å². The lowest BCUT2D eigenvalue weighted by molar-refractivity contribution is 0.0957. The van der Waals surface area contributed by atoms with Crippen LogP contribution in [0.1, 0.15) is 21.7 Å². The van der Waals surface area contributed by atoms with E-state index in [4.69, 9.17) is 0 Å². The van der Waals surface area contributed by atoms with Crippen molar-refractivity contribution < 1.29 is 4.79 Å². The summed E-state index contributed by atoms with van der Waals surface area (Å²) in [5, 5.41) is 20.1. The Bertz CT molecular complexity index is 533. The highest BCUT2D eigenvalue weighted by molar-refractivity contribution is 5.91. The molecule has 2 heterocycles. The number of rotatable bonds is 4. The number of aromatic amines is 1. The van der Waals surface area contributed by atoms with Gasteiger partial charge in [0, 0.05) is 24.8 Å². The van der Waals surface area contributed by atoms with Crippen LogP contribution in [0.3, 0.4) is 0 Å². The van der Waals surface area contributed by atoms with Crippen LogP contribution < -0.4 is 10.6 Å². The highest BCUT2D eigenvalue weighted by Crippen LogP contribution is 2.07. The molecule has 0 saturated carbocycles. The largest absolute Gasteiger partial charge is 0.364 e. The number of carbonyl (C=O) groups is 1. The summed E-state index contributed by atoms with van der Waals surface area (Å²) in [6.45, 7) is 2.56. The van der Waals surface area contributed by atoms with Crippen molar-refractivity contribution in [2.24, 2.45) is 0 Å². The van der Waals surface area contributed by atoms with E-state index in [2.05, 4.69) is 31.0 Å². The molecule has 0 aliphatic rings. The van der Waals surface area contributed by atoms with Gasteiger partial charge in [-0.2, -0.15) is 5.10 Å². The number of nitrogens with zero attached hydrogens (tertiary/aromatic N) is 3. The fourth-order valence-corrected chi connectivity index (χ4v) is 1.42. The third-order valence-corrected chi connectivity index (χ3v) is 2.52. The molecular weight excluding hydrogens is 232 g/mol. The lowest BCUT2D eigenvalue weighted by atomic mass is 10.2. The predicted molar refractivity (Wildman–Crippen MR) is 66.1 cm³/mol. The van der Waals surface area contributed by atoms with Gasteiger partial charge in [0.05, 0.1) is 6.20 Å². The molecule has 2 aromatic rings. The molecule has 94 valence electrons. The number of hydrogen-bond donors (Lipinski definition) is 3. The van der Waals surface area contributed by atoms with E-state index in [-0.39, 0.29) is 5.91 Å². The number of hydrogen-bond acceptors (Lipinski definition) is 5. The SMILES string of the molecule is CNC(=O)c1ccc(NCc2cn[nH]c2C)nn1. The van der Waals surface area contributed by atoms with Crippen LogP contribution in [0.25, 0.3) is 0 Å². The lowest BCUT2D eigenvalue weighted by Gasteiger charge is -2.04. The van der Waals surface area contributed by atoms with Gasteiger partial charge < -0.3 is 10.6 Å². The first-order valence-corrected chi connectivity index (χ1v) is 5.49. The van der Waals surface area contributed by atoms with E-state index in [9.17, 15) is 4.79 Å². The quantitative estimate of drug-likeness (QED) is 0.729. The van der Waals surface area contributed by atoms with Crippen LogP contribution in [-0.2, 0) is 6.54 Å².